The van der Waals surface area contributed by atoms with Crippen LogP contribution in [0.15, 0.2) is 34.1 Å². The van der Waals surface area contributed by atoms with E-state index >= 15 is 0 Å². The predicted molar refractivity (Wildman–Crippen MR) is 80.0 cm³/mol. The summed E-state index contributed by atoms with van der Waals surface area (Å²) < 4.78 is 0.403. The van der Waals surface area contributed by atoms with Gasteiger partial charge in [-0.05, 0) is 34.1 Å². The van der Waals surface area contributed by atoms with Crippen molar-refractivity contribution in [2.24, 2.45) is 0 Å². The highest BCUT2D eigenvalue weighted by Crippen LogP contribution is 2.26. The predicted octanol–water partition coefficient (Wildman–Crippen LogP) is 3.37. The fourth-order valence-corrected chi connectivity index (χ4v) is 2.67. The Bertz CT molecular complexity index is 743. The summed E-state index contributed by atoms with van der Waals surface area (Å²) in [5, 5.41) is 23.2. The van der Waals surface area contributed by atoms with Crippen LogP contribution in [0.5, 0.6) is 0 Å². The zero-order chi connectivity index (χ0) is 15.6. The van der Waals surface area contributed by atoms with E-state index in [0.717, 1.165) is 11.3 Å². The van der Waals surface area contributed by atoms with Crippen LogP contribution in [0, 0.1) is 10.1 Å². The molecule has 2 aromatic rings. The molecule has 1 aromatic carbocycles. The fraction of sp³-hybridized carbons (Fsp3) is 0. The third-order valence-electron chi connectivity index (χ3n) is 2.49. The lowest BCUT2D eigenvalue weighted by Crippen LogP contribution is -2.11. The number of nitro groups is 1. The van der Waals surface area contributed by atoms with Gasteiger partial charge in [-0.15, -0.1) is 0 Å². The Hall–Kier alpha value is -2.26. The zero-order valence-electron chi connectivity index (χ0n) is 10.2. The van der Waals surface area contributed by atoms with E-state index < -0.39 is 16.8 Å². The Morgan fingerprint density at radius 2 is 2.00 bits per heavy atom. The van der Waals surface area contributed by atoms with Crippen molar-refractivity contribution < 1.29 is 19.6 Å². The van der Waals surface area contributed by atoms with Gasteiger partial charge in [0.15, 0.2) is 0 Å². The van der Waals surface area contributed by atoms with Gasteiger partial charge in [0.25, 0.3) is 5.91 Å². The molecular weight excluding hydrogens is 364 g/mol. The minimum absolute atomic E-state index is 0.0750. The lowest BCUT2D eigenvalue weighted by atomic mass is 10.2. The van der Waals surface area contributed by atoms with Gasteiger partial charge in [0.1, 0.15) is 0 Å². The number of halogens is 1. The van der Waals surface area contributed by atoms with Gasteiger partial charge in [-0.3, -0.25) is 14.9 Å². The van der Waals surface area contributed by atoms with Crippen LogP contribution in [0.1, 0.15) is 20.7 Å². The number of rotatable bonds is 4. The van der Waals surface area contributed by atoms with Crippen LogP contribution in [0.3, 0.4) is 0 Å². The molecule has 7 nitrogen and oxygen atoms in total. The first kappa shape index (κ1) is 15.1. The second-order valence-electron chi connectivity index (χ2n) is 3.88. The average Bonchev–Trinajstić information content (AvgIpc) is 2.90. The van der Waals surface area contributed by atoms with Crippen molar-refractivity contribution >= 4 is 49.8 Å². The molecule has 2 rings (SSSR count). The van der Waals surface area contributed by atoms with E-state index in [-0.39, 0.29) is 16.1 Å². The summed E-state index contributed by atoms with van der Waals surface area (Å²) >= 11 is 4.02. The molecule has 108 valence electrons. The Balaban J connectivity index is 2.19. The lowest BCUT2D eigenvalue weighted by molar-refractivity contribution is -0.380. The summed E-state index contributed by atoms with van der Waals surface area (Å²) in [6.07, 6.45) is 0. The molecule has 9 heteroatoms. The first-order valence-corrected chi connectivity index (χ1v) is 7.13. The quantitative estimate of drug-likeness (QED) is 0.633. The van der Waals surface area contributed by atoms with Gasteiger partial charge in [-0.1, -0.05) is 11.3 Å². The molecule has 0 radical (unpaired) electrons. The number of carboxylic acid groups (broad SMARTS) is 1. The van der Waals surface area contributed by atoms with Gasteiger partial charge in [0.05, 0.1) is 21.7 Å². The summed E-state index contributed by atoms with van der Waals surface area (Å²) in [4.78, 5) is 32.8. The maximum Gasteiger partial charge on any atom is 0.335 e. The highest BCUT2D eigenvalue weighted by molar-refractivity contribution is 9.10. The van der Waals surface area contributed by atoms with Gasteiger partial charge in [0, 0.05) is 15.9 Å². The molecule has 1 heterocycles. The molecule has 0 aliphatic carbocycles. The maximum atomic E-state index is 12.0. The van der Waals surface area contributed by atoms with Crippen LogP contribution in [0.2, 0.25) is 0 Å². The summed E-state index contributed by atoms with van der Waals surface area (Å²) in [5.74, 6) is -1.59. The Morgan fingerprint density at radius 3 is 2.52 bits per heavy atom. The van der Waals surface area contributed by atoms with Gasteiger partial charge in [-0.2, -0.15) is 0 Å². The minimum Gasteiger partial charge on any atom is -0.478 e. The molecule has 0 saturated carbocycles. The number of anilines is 1. The lowest BCUT2D eigenvalue weighted by Gasteiger charge is -2.07. The number of hydrogen-bond donors (Lipinski definition) is 2. The third-order valence-corrected chi connectivity index (χ3v) is 4.03. The Labute approximate surface area is 130 Å². The SMILES string of the molecule is O=C(O)c1ccc(NC(=O)c2csc([N+](=O)[O-])c2)c(Br)c1. The van der Waals surface area contributed by atoms with E-state index in [1.54, 1.807) is 0 Å². The second kappa shape index (κ2) is 6.02. The van der Waals surface area contributed by atoms with Crippen molar-refractivity contribution in [3.8, 4) is 0 Å². The number of hydrogen-bond acceptors (Lipinski definition) is 5. The van der Waals surface area contributed by atoms with Crippen molar-refractivity contribution in [1.29, 1.82) is 0 Å². The molecule has 21 heavy (non-hydrogen) atoms. The van der Waals surface area contributed by atoms with Crippen LogP contribution >= 0.6 is 27.3 Å². The molecule has 0 atom stereocenters. The molecule has 1 amide bonds. The van der Waals surface area contributed by atoms with E-state index in [1.807, 2.05) is 0 Å². The molecule has 0 unspecified atom stereocenters. The number of aromatic carboxylic acids is 1. The van der Waals surface area contributed by atoms with Crippen LogP contribution in [0.25, 0.3) is 0 Å². The number of carboxylic acids is 1. The molecule has 0 saturated heterocycles. The van der Waals surface area contributed by atoms with Crippen LogP contribution < -0.4 is 5.32 Å². The van der Waals surface area contributed by atoms with Crippen molar-refractivity contribution in [3.05, 3.63) is 55.4 Å². The van der Waals surface area contributed by atoms with Crippen molar-refractivity contribution in [1.82, 2.24) is 0 Å². The standard InChI is InChI=1S/C12H7BrN2O5S/c13-8-3-6(12(17)18)1-2-9(8)14-11(16)7-4-10(15(19)20)21-5-7/h1-5H,(H,14,16)(H,17,18). The second-order valence-corrected chi connectivity index (χ2v) is 5.63. The summed E-state index contributed by atoms with van der Waals surface area (Å²) in [7, 11) is 0. The number of thiophene rings is 1. The van der Waals surface area contributed by atoms with E-state index in [4.69, 9.17) is 5.11 Å². The van der Waals surface area contributed by atoms with E-state index in [9.17, 15) is 19.7 Å². The van der Waals surface area contributed by atoms with Crippen LogP contribution in [-0.2, 0) is 0 Å². The van der Waals surface area contributed by atoms with Crippen LogP contribution in [-0.4, -0.2) is 21.9 Å². The van der Waals surface area contributed by atoms with E-state index in [0.29, 0.717) is 10.2 Å². The van der Waals surface area contributed by atoms with Crippen molar-refractivity contribution in [3.63, 3.8) is 0 Å². The highest BCUT2D eigenvalue weighted by atomic mass is 79.9. The number of nitrogens with one attached hydrogen (secondary N) is 1. The molecular formula is C12H7BrN2O5S. The first-order valence-electron chi connectivity index (χ1n) is 5.45. The molecule has 0 aliphatic rings. The van der Waals surface area contributed by atoms with E-state index in [1.165, 1.54) is 29.6 Å². The smallest absolute Gasteiger partial charge is 0.335 e. The summed E-state index contributed by atoms with van der Waals surface area (Å²) in [6, 6.07) is 5.32. The number of nitrogens with zero attached hydrogens (tertiary/aromatic N) is 1. The number of amides is 1. The molecule has 2 N–H and O–H groups in total. The van der Waals surface area contributed by atoms with Crippen molar-refractivity contribution in [2.75, 3.05) is 5.32 Å². The largest absolute Gasteiger partial charge is 0.478 e. The van der Waals surface area contributed by atoms with Crippen LogP contribution in [0.4, 0.5) is 10.7 Å². The van der Waals surface area contributed by atoms with Crippen molar-refractivity contribution in [2.45, 2.75) is 0 Å². The van der Waals surface area contributed by atoms with Gasteiger partial charge >= 0.3 is 11.0 Å². The maximum absolute atomic E-state index is 12.0. The summed E-state index contributed by atoms with van der Waals surface area (Å²) in [5.41, 5.74) is 0.616. The molecule has 0 bridgehead atoms. The normalized spacial score (nSPS) is 10.1. The van der Waals surface area contributed by atoms with Gasteiger partial charge < -0.3 is 10.4 Å². The zero-order valence-corrected chi connectivity index (χ0v) is 12.6. The molecule has 0 spiro atoms. The summed E-state index contributed by atoms with van der Waals surface area (Å²) in [6.45, 7) is 0. The number of carbonyl (C=O) groups excluding carboxylic acids is 1. The number of carbonyl (C=O) groups is 2. The third kappa shape index (κ3) is 3.44. The Kier molecular flexibility index (Phi) is 4.34. The van der Waals surface area contributed by atoms with E-state index in [2.05, 4.69) is 21.2 Å². The highest BCUT2D eigenvalue weighted by Gasteiger charge is 2.16. The van der Waals surface area contributed by atoms with Gasteiger partial charge in [0.2, 0.25) is 0 Å². The molecule has 0 aliphatic heterocycles. The molecule has 0 fully saturated rings. The van der Waals surface area contributed by atoms with Gasteiger partial charge in [-0.25, -0.2) is 4.79 Å². The number of benzene rings is 1. The topological polar surface area (TPSA) is 110 Å². The Morgan fingerprint density at radius 1 is 1.29 bits per heavy atom. The minimum atomic E-state index is -1.08. The fourth-order valence-electron chi connectivity index (χ4n) is 1.48. The molecule has 1 aromatic heterocycles. The average molecular weight is 371 g/mol. The monoisotopic (exact) mass is 370 g/mol. The first-order chi connectivity index (χ1) is 9.88.